The van der Waals surface area contributed by atoms with Crippen LogP contribution in [0.3, 0.4) is 0 Å². The lowest BCUT2D eigenvalue weighted by molar-refractivity contribution is -0.140. The lowest BCUT2D eigenvalue weighted by Gasteiger charge is -2.48. The van der Waals surface area contributed by atoms with Crippen LogP contribution in [0.25, 0.3) is 0 Å². The maximum Gasteiger partial charge on any atom is 0.416 e. The number of likely N-dealkylation sites (tertiary alicyclic amines) is 2. The Morgan fingerprint density at radius 2 is 1.91 bits per heavy atom. The lowest BCUT2D eigenvalue weighted by atomic mass is 9.85. The van der Waals surface area contributed by atoms with Crippen LogP contribution in [0, 0.1) is 5.82 Å². The monoisotopic (exact) mass is 793 g/mol. The Morgan fingerprint density at radius 1 is 1.11 bits per heavy atom. The lowest BCUT2D eigenvalue weighted by Crippen LogP contribution is -2.59. The van der Waals surface area contributed by atoms with Gasteiger partial charge in [0.05, 0.1) is 54.0 Å². The van der Waals surface area contributed by atoms with Crippen LogP contribution in [0.2, 0.25) is 5.02 Å². The van der Waals surface area contributed by atoms with Crippen molar-refractivity contribution in [2.45, 2.75) is 94.7 Å². The van der Waals surface area contributed by atoms with Crippen molar-refractivity contribution in [2.75, 3.05) is 64.1 Å². The minimum atomic E-state index is -4.82. The Balaban J connectivity index is 0.000000413. The number of carbonyl (C=O) groups excluding carboxylic acids is 1. The number of nitrogen functional groups attached to an aromatic ring is 1. The third kappa shape index (κ3) is 6.99. The largest absolute Gasteiger partial charge is 0.467 e. The van der Waals surface area contributed by atoms with E-state index in [0.29, 0.717) is 68.0 Å². The van der Waals surface area contributed by atoms with Crippen LogP contribution in [0.4, 0.5) is 33.5 Å². The van der Waals surface area contributed by atoms with Gasteiger partial charge in [-0.15, -0.1) is 0 Å². The normalized spacial score (nSPS) is 26.6. The summed E-state index contributed by atoms with van der Waals surface area (Å²) in [4.78, 5) is 31.0. The molecule has 0 saturated carbocycles. The number of carbonyl (C=O) groups is 1. The molecule has 4 atom stereocenters. The van der Waals surface area contributed by atoms with Gasteiger partial charge in [-0.25, -0.2) is 8.78 Å². The number of likely N-dealkylation sites (N-methyl/N-ethyl adjacent to an activating group) is 1. The van der Waals surface area contributed by atoms with Gasteiger partial charge < -0.3 is 25.0 Å². The molecule has 12 nitrogen and oxygen atoms in total. The maximum absolute atomic E-state index is 15.1. The third-order valence-electron chi connectivity index (χ3n) is 12.3. The summed E-state index contributed by atoms with van der Waals surface area (Å²) in [5.74, 6) is -0.909. The number of amides is 1. The molecule has 1 spiro atoms. The molecule has 298 valence electrons. The Morgan fingerprint density at radius 3 is 2.60 bits per heavy atom. The minimum absolute atomic E-state index is 0.00198. The fourth-order valence-electron chi connectivity index (χ4n) is 9.11. The van der Waals surface area contributed by atoms with E-state index in [0.717, 1.165) is 44.5 Å². The number of hydrogen-bond donors (Lipinski definition) is 1. The van der Waals surface area contributed by atoms with Crippen molar-refractivity contribution in [1.29, 1.82) is 0 Å². The number of nitrogens with two attached hydrogens (primary N) is 1. The van der Waals surface area contributed by atoms with Gasteiger partial charge in [-0.05, 0) is 64.3 Å². The first-order valence-corrected chi connectivity index (χ1v) is 19.2. The molecule has 2 N–H and O–H groups in total. The van der Waals surface area contributed by atoms with Gasteiger partial charge in [0.15, 0.2) is 11.5 Å². The highest BCUT2D eigenvalue weighted by molar-refractivity contribution is 6.34. The standard InChI is InChI=1S/C30H33ClF4N8O3.C7H12FN/c1-40-10-6-29(40)7-11-42(15-29)27(44)25-23(31)20-13-41(8-3-9-43(20)39-25)26-16-14-46-21(12-19(16)37-28(38-26)45-2)22-17(30(33,34)35)4-5-18(36)24(22)32;8-6-4-7-2-1-3-9(7)5-6/h4-5,21H,3,6-15,36H2,1-2H3;6-7H,1-5H2. The summed E-state index contributed by atoms with van der Waals surface area (Å²) in [7, 11) is 3.47. The van der Waals surface area contributed by atoms with Crippen LogP contribution in [0.15, 0.2) is 12.1 Å². The van der Waals surface area contributed by atoms with E-state index in [1.165, 1.54) is 20.0 Å². The van der Waals surface area contributed by atoms with Crippen molar-refractivity contribution >= 4 is 29.0 Å². The van der Waals surface area contributed by atoms with Crippen LogP contribution in [-0.2, 0) is 37.0 Å². The fraction of sp³-hybridized carbons (Fsp3) is 0.622. The minimum Gasteiger partial charge on any atom is -0.467 e. The van der Waals surface area contributed by atoms with Crippen molar-refractivity contribution in [3.63, 3.8) is 0 Å². The smallest absolute Gasteiger partial charge is 0.416 e. The number of aryl methyl sites for hydroxylation is 1. The maximum atomic E-state index is 15.1. The predicted molar refractivity (Wildman–Crippen MR) is 193 cm³/mol. The second-order valence-electron chi connectivity index (χ2n) is 15.5. The van der Waals surface area contributed by atoms with Gasteiger partial charge in [0, 0.05) is 68.4 Å². The van der Waals surface area contributed by atoms with Crippen molar-refractivity contribution < 1.29 is 36.2 Å². The fourth-order valence-corrected chi connectivity index (χ4v) is 9.39. The third-order valence-corrected chi connectivity index (χ3v) is 12.7. The summed E-state index contributed by atoms with van der Waals surface area (Å²) in [6.45, 7) is 5.29. The molecule has 18 heteroatoms. The Kier molecular flexibility index (Phi) is 10.1. The number of nitrogens with zero attached hydrogens (tertiary/aromatic N) is 8. The summed E-state index contributed by atoms with van der Waals surface area (Å²) in [5, 5.41) is 4.92. The quantitative estimate of drug-likeness (QED) is 0.272. The number of benzene rings is 1. The van der Waals surface area contributed by atoms with Crippen molar-refractivity contribution in [1.82, 2.24) is 34.4 Å². The molecule has 8 heterocycles. The number of aromatic nitrogens is 4. The zero-order valence-corrected chi connectivity index (χ0v) is 31.6. The molecular formula is C37H45ClF5N9O3. The van der Waals surface area contributed by atoms with E-state index in [1.807, 2.05) is 9.80 Å². The average Bonchev–Trinajstić information content (AvgIpc) is 3.92. The van der Waals surface area contributed by atoms with E-state index in [1.54, 1.807) is 4.68 Å². The molecule has 6 aliphatic heterocycles. The van der Waals surface area contributed by atoms with E-state index in [-0.39, 0.29) is 47.7 Å². The second-order valence-corrected chi connectivity index (χ2v) is 15.9. The predicted octanol–water partition coefficient (Wildman–Crippen LogP) is 5.41. The molecule has 3 aromatic rings. The van der Waals surface area contributed by atoms with Crippen LogP contribution in [0.5, 0.6) is 6.01 Å². The first-order valence-electron chi connectivity index (χ1n) is 18.9. The molecule has 0 aliphatic carbocycles. The van der Waals surface area contributed by atoms with Crippen LogP contribution < -0.4 is 15.4 Å². The second kappa shape index (κ2) is 14.6. The molecule has 4 fully saturated rings. The number of anilines is 2. The molecule has 4 unspecified atom stereocenters. The van der Waals surface area contributed by atoms with Crippen molar-refractivity contribution in [3.05, 3.63) is 56.7 Å². The van der Waals surface area contributed by atoms with E-state index in [4.69, 9.17) is 26.8 Å². The van der Waals surface area contributed by atoms with Gasteiger partial charge in [0.1, 0.15) is 12.0 Å². The van der Waals surface area contributed by atoms with E-state index in [2.05, 4.69) is 31.9 Å². The number of hydrogen-bond acceptors (Lipinski definition) is 10. The molecule has 0 bridgehead atoms. The van der Waals surface area contributed by atoms with Crippen LogP contribution >= 0.6 is 11.6 Å². The van der Waals surface area contributed by atoms with E-state index >= 15 is 4.39 Å². The molecule has 4 saturated heterocycles. The van der Waals surface area contributed by atoms with Gasteiger partial charge in [0.25, 0.3) is 5.91 Å². The van der Waals surface area contributed by atoms with Gasteiger partial charge in [-0.3, -0.25) is 19.3 Å². The number of methoxy groups -OCH3 is 1. The number of halogens is 6. The van der Waals surface area contributed by atoms with Gasteiger partial charge in [-0.2, -0.15) is 28.2 Å². The summed E-state index contributed by atoms with van der Waals surface area (Å²) >= 11 is 6.87. The summed E-state index contributed by atoms with van der Waals surface area (Å²) in [5.41, 5.74) is 5.25. The zero-order valence-electron chi connectivity index (χ0n) is 30.8. The van der Waals surface area contributed by atoms with E-state index in [9.17, 15) is 22.4 Å². The molecule has 6 aliphatic rings. The highest BCUT2D eigenvalue weighted by atomic mass is 35.5. The highest BCUT2D eigenvalue weighted by Gasteiger charge is 2.49. The first kappa shape index (κ1) is 38.1. The molecule has 55 heavy (non-hydrogen) atoms. The number of rotatable bonds is 4. The van der Waals surface area contributed by atoms with Crippen LogP contribution in [-0.4, -0.2) is 112 Å². The zero-order chi connectivity index (χ0) is 38.8. The van der Waals surface area contributed by atoms with Crippen molar-refractivity contribution in [2.24, 2.45) is 0 Å². The summed E-state index contributed by atoms with van der Waals surface area (Å²) in [6, 6.07) is 2.27. The van der Waals surface area contributed by atoms with Gasteiger partial charge >= 0.3 is 12.2 Å². The SMILES string of the molecule is COc1nc2c(c(N3CCCn4nc(C(=O)N5CCC6(CCN6C)C5)c(Cl)c4C3)n1)COC(c1c(C(F)(F)F)ccc(N)c1F)C2.FC1CC2CCCN2C1. The van der Waals surface area contributed by atoms with Gasteiger partial charge in [-0.1, -0.05) is 11.6 Å². The average molecular weight is 794 g/mol. The number of fused-ring (bicyclic) bond motifs is 3. The molecule has 1 amide bonds. The molecule has 1 aromatic carbocycles. The first-order chi connectivity index (χ1) is 26.3. The molecular weight excluding hydrogens is 749 g/mol. The number of ether oxygens (including phenoxy) is 2. The molecule has 0 radical (unpaired) electrons. The Labute approximate surface area is 320 Å². The molecule has 9 rings (SSSR count). The Hall–Kier alpha value is -3.80. The van der Waals surface area contributed by atoms with Crippen molar-refractivity contribution in [3.8, 4) is 6.01 Å². The van der Waals surface area contributed by atoms with Gasteiger partial charge in [0.2, 0.25) is 0 Å². The van der Waals surface area contributed by atoms with E-state index < -0.39 is 41.1 Å². The topological polar surface area (TPSA) is 118 Å². The summed E-state index contributed by atoms with van der Waals surface area (Å²) < 4.78 is 82.4. The number of alkyl halides is 4. The molecule has 2 aromatic heterocycles. The Bertz CT molecular complexity index is 1950. The summed E-state index contributed by atoms with van der Waals surface area (Å²) in [6.07, 6.45) is -0.844. The van der Waals surface area contributed by atoms with Crippen LogP contribution in [0.1, 0.15) is 83.2 Å². The highest BCUT2D eigenvalue weighted by Crippen LogP contribution is 2.44.